The molecule has 0 saturated carbocycles. The molecule has 0 unspecified atom stereocenters. The average Bonchev–Trinajstić information content (AvgIpc) is 2.71. The molecule has 1 aliphatic heterocycles. The van der Waals surface area contributed by atoms with Crippen molar-refractivity contribution in [3.8, 4) is 10.6 Å². The van der Waals surface area contributed by atoms with Crippen LogP contribution in [0.15, 0.2) is 47.3 Å². The molecule has 0 N–H and O–H groups in total. The minimum absolute atomic E-state index is 0.164. The third-order valence-electron chi connectivity index (χ3n) is 5.21. The van der Waals surface area contributed by atoms with Gasteiger partial charge in [0.25, 0.3) is 0 Å². The van der Waals surface area contributed by atoms with Crippen LogP contribution in [0.4, 0.5) is 5.69 Å². The predicted octanol–water partition coefficient (Wildman–Crippen LogP) is 5.71. The predicted molar refractivity (Wildman–Crippen MR) is 118 cm³/mol. The molecule has 4 rings (SSSR count). The third kappa shape index (κ3) is 2.98. The fourth-order valence-electron chi connectivity index (χ4n) is 3.81. The van der Waals surface area contributed by atoms with Gasteiger partial charge in [-0.05, 0) is 38.5 Å². The smallest absolute Gasteiger partial charge is 0.191 e. The molecule has 0 bridgehead atoms. The summed E-state index contributed by atoms with van der Waals surface area (Å²) >= 11 is 1.71. The molecule has 0 radical (unpaired) electrons. The summed E-state index contributed by atoms with van der Waals surface area (Å²) in [6.45, 7) is 8.42. The van der Waals surface area contributed by atoms with Crippen molar-refractivity contribution in [2.45, 2.75) is 33.6 Å². The molecule has 138 valence electrons. The van der Waals surface area contributed by atoms with Gasteiger partial charge in [-0.3, -0.25) is 4.79 Å². The molecule has 0 atom stereocenters. The first-order chi connectivity index (χ1) is 13.2. The van der Waals surface area contributed by atoms with E-state index >= 15 is 0 Å². The van der Waals surface area contributed by atoms with Crippen LogP contribution in [-0.2, 0) is 6.42 Å². The topological polar surface area (TPSA) is 33.2 Å². The van der Waals surface area contributed by atoms with Crippen LogP contribution in [0.2, 0.25) is 0 Å². The maximum absolute atomic E-state index is 13.1. The maximum Gasteiger partial charge on any atom is 0.191 e. The second kappa shape index (κ2) is 7.28. The van der Waals surface area contributed by atoms with Gasteiger partial charge in [-0.15, -0.1) is 11.3 Å². The Kier molecular flexibility index (Phi) is 4.83. The van der Waals surface area contributed by atoms with Crippen LogP contribution >= 0.6 is 11.3 Å². The maximum atomic E-state index is 13.1. The highest BCUT2D eigenvalue weighted by atomic mass is 32.1. The normalized spacial score (nSPS) is 11.5. The standard InChI is InChI=1S/C23H24N2OS/c1-4-9-18-22(26)17-11-8-7-10-16(17)21-23(18)27-20-14-15(25(5-2)6-3)12-13-19(20)24-21/h7-8,10-14H,4-6,9H2,1-3H3. The second-order valence-electron chi connectivity index (χ2n) is 6.82. The zero-order valence-electron chi connectivity index (χ0n) is 16.1. The Bertz CT molecular complexity index is 1140. The Labute approximate surface area is 163 Å². The summed E-state index contributed by atoms with van der Waals surface area (Å²) in [5, 5.41) is 1.75. The summed E-state index contributed by atoms with van der Waals surface area (Å²) in [5.74, 6) is 0. The number of fused-ring (bicyclic) bond motifs is 4. The molecule has 0 fully saturated rings. The molecule has 27 heavy (non-hydrogen) atoms. The number of aromatic nitrogens is 1. The lowest BCUT2D eigenvalue weighted by Gasteiger charge is -2.21. The van der Waals surface area contributed by atoms with Gasteiger partial charge in [0.1, 0.15) is 0 Å². The Balaban J connectivity index is 2.08. The van der Waals surface area contributed by atoms with Gasteiger partial charge in [0.15, 0.2) is 5.43 Å². The van der Waals surface area contributed by atoms with E-state index in [1.807, 2.05) is 24.3 Å². The molecule has 3 nitrogen and oxygen atoms in total. The van der Waals surface area contributed by atoms with Gasteiger partial charge in [-0.25, -0.2) is 4.98 Å². The Morgan fingerprint density at radius 1 is 1.00 bits per heavy atom. The Morgan fingerprint density at radius 2 is 1.74 bits per heavy atom. The van der Waals surface area contributed by atoms with Crippen LogP contribution in [0.25, 0.3) is 31.6 Å². The van der Waals surface area contributed by atoms with Gasteiger partial charge in [0, 0.05) is 35.1 Å². The van der Waals surface area contributed by atoms with Crippen molar-refractivity contribution in [2.75, 3.05) is 18.0 Å². The molecule has 2 aromatic rings. The molecular weight excluding hydrogens is 352 g/mol. The number of benzene rings is 3. The van der Waals surface area contributed by atoms with Crippen molar-refractivity contribution in [3.63, 3.8) is 0 Å². The Hall–Kier alpha value is -2.46. The first-order valence-corrected chi connectivity index (χ1v) is 10.5. The molecule has 0 saturated heterocycles. The van der Waals surface area contributed by atoms with E-state index in [9.17, 15) is 4.79 Å². The van der Waals surface area contributed by atoms with Crippen LogP contribution in [-0.4, -0.2) is 18.1 Å². The van der Waals surface area contributed by atoms with Crippen LogP contribution in [0.5, 0.6) is 0 Å². The first kappa shape index (κ1) is 17.9. The van der Waals surface area contributed by atoms with E-state index in [1.165, 1.54) is 5.69 Å². The zero-order chi connectivity index (χ0) is 19.0. The number of nitrogens with zero attached hydrogens (tertiary/aromatic N) is 2. The van der Waals surface area contributed by atoms with Crippen molar-refractivity contribution in [3.05, 3.63) is 58.3 Å². The van der Waals surface area contributed by atoms with Crippen LogP contribution in [0.3, 0.4) is 0 Å². The lowest BCUT2D eigenvalue weighted by molar-refractivity contribution is 0.867. The number of anilines is 1. The van der Waals surface area contributed by atoms with E-state index in [0.717, 1.165) is 63.1 Å². The minimum atomic E-state index is 0.164. The van der Waals surface area contributed by atoms with E-state index in [2.05, 4.69) is 43.9 Å². The van der Waals surface area contributed by atoms with Crippen molar-refractivity contribution >= 4 is 38.0 Å². The van der Waals surface area contributed by atoms with Gasteiger partial charge < -0.3 is 4.90 Å². The third-order valence-corrected chi connectivity index (χ3v) is 6.40. The quantitative estimate of drug-likeness (QED) is 0.330. The van der Waals surface area contributed by atoms with Gasteiger partial charge in [0.05, 0.1) is 20.8 Å². The number of hydrogen-bond acceptors (Lipinski definition) is 4. The van der Waals surface area contributed by atoms with E-state index < -0.39 is 0 Å². The van der Waals surface area contributed by atoms with Gasteiger partial charge in [0.2, 0.25) is 0 Å². The fraction of sp³-hybridized carbons (Fsp3) is 0.304. The van der Waals surface area contributed by atoms with E-state index in [0.29, 0.717) is 0 Å². The molecule has 0 spiro atoms. The molecule has 2 aromatic carbocycles. The highest BCUT2D eigenvalue weighted by Crippen LogP contribution is 2.38. The number of hydrogen-bond donors (Lipinski definition) is 0. The Morgan fingerprint density at radius 3 is 2.44 bits per heavy atom. The lowest BCUT2D eigenvalue weighted by atomic mass is 9.98. The molecule has 1 heterocycles. The molecule has 1 aliphatic carbocycles. The average molecular weight is 377 g/mol. The van der Waals surface area contributed by atoms with E-state index in [-0.39, 0.29) is 5.43 Å². The summed E-state index contributed by atoms with van der Waals surface area (Å²) in [7, 11) is 0. The van der Waals surface area contributed by atoms with Gasteiger partial charge in [-0.1, -0.05) is 37.6 Å². The summed E-state index contributed by atoms with van der Waals surface area (Å²) in [4.78, 5) is 21.5. The van der Waals surface area contributed by atoms with Crippen LogP contribution < -0.4 is 10.3 Å². The highest BCUT2D eigenvalue weighted by Gasteiger charge is 2.20. The molecule has 0 aromatic heterocycles. The largest absolute Gasteiger partial charge is 0.372 e. The monoisotopic (exact) mass is 376 g/mol. The second-order valence-corrected chi connectivity index (χ2v) is 7.87. The molecule has 2 aliphatic rings. The van der Waals surface area contributed by atoms with Crippen molar-refractivity contribution in [2.24, 2.45) is 0 Å². The van der Waals surface area contributed by atoms with Crippen molar-refractivity contribution in [1.29, 1.82) is 0 Å². The lowest BCUT2D eigenvalue weighted by Crippen LogP contribution is -2.21. The zero-order valence-corrected chi connectivity index (χ0v) is 16.9. The van der Waals surface area contributed by atoms with Crippen molar-refractivity contribution in [1.82, 2.24) is 4.98 Å². The van der Waals surface area contributed by atoms with E-state index in [1.54, 1.807) is 11.3 Å². The molecular formula is C23H24N2OS. The first-order valence-electron chi connectivity index (χ1n) is 9.71. The summed E-state index contributed by atoms with van der Waals surface area (Å²) in [5.41, 5.74) is 4.25. The van der Waals surface area contributed by atoms with Crippen molar-refractivity contribution < 1.29 is 0 Å². The molecule has 4 heteroatoms. The number of rotatable bonds is 5. The summed E-state index contributed by atoms with van der Waals surface area (Å²) in [6.07, 6.45) is 1.74. The van der Waals surface area contributed by atoms with Gasteiger partial charge >= 0.3 is 0 Å². The summed E-state index contributed by atoms with van der Waals surface area (Å²) < 4.78 is 1.14. The molecule has 0 amide bonds. The van der Waals surface area contributed by atoms with Gasteiger partial charge in [-0.2, -0.15) is 0 Å². The minimum Gasteiger partial charge on any atom is -0.372 e. The van der Waals surface area contributed by atoms with Crippen LogP contribution in [0, 0.1) is 0 Å². The SMILES string of the molecule is CCCc1c2sc3cc(N(CC)CC)ccc3nc-2c2ccccc2c1=O. The fourth-order valence-corrected chi connectivity index (χ4v) is 5.00. The van der Waals surface area contributed by atoms with Crippen LogP contribution in [0.1, 0.15) is 32.8 Å². The highest BCUT2D eigenvalue weighted by molar-refractivity contribution is 7.21. The van der Waals surface area contributed by atoms with E-state index in [4.69, 9.17) is 4.98 Å². The summed E-state index contributed by atoms with van der Waals surface area (Å²) in [6, 6.07) is 14.3.